The number of nitrogens with one attached hydrogen (secondary N) is 1. The van der Waals surface area contributed by atoms with Crippen molar-refractivity contribution in [2.45, 2.75) is 25.9 Å². The fourth-order valence-electron chi connectivity index (χ4n) is 2.90. The van der Waals surface area contributed by atoms with Crippen molar-refractivity contribution in [2.75, 3.05) is 26.4 Å². The average molecular weight is 374 g/mol. The molecule has 0 bridgehead atoms. The third kappa shape index (κ3) is 4.71. The lowest BCUT2D eigenvalue weighted by atomic mass is 10.1. The maximum atomic E-state index is 12.7. The molecule has 0 spiro atoms. The van der Waals surface area contributed by atoms with Gasteiger partial charge in [0.05, 0.1) is 32.4 Å². The van der Waals surface area contributed by atoms with Gasteiger partial charge in [0.25, 0.3) is 0 Å². The van der Waals surface area contributed by atoms with Gasteiger partial charge in [0.15, 0.2) is 11.5 Å². The molecule has 0 fully saturated rings. The van der Waals surface area contributed by atoms with E-state index in [2.05, 4.69) is 10.3 Å². The summed E-state index contributed by atoms with van der Waals surface area (Å²) >= 11 is 0. The Morgan fingerprint density at radius 3 is 2.85 bits per heavy atom. The molecule has 146 valence electrons. The van der Waals surface area contributed by atoms with E-state index in [-0.39, 0.29) is 25.2 Å². The molecule has 2 heterocycles. The fourth-order valence-corrected chi connectivity index (χ4v) is 2.90. The van der Waals surface area contributed by atoms with Crippen LogP contribution in [0.1, 0.15) is 30.8 Å². The second-order valence-corrected chi connectivity index (χ2v) is 6.53. The minimum atomic E-state index is -0.258. The summed E-state index contributed by atoms with van der Waals surface area (Å²) in [6, 6.07) is 5.22. The quantitative estimate of drug-likeness (QED) is 0.806. The van der Waals surface area contributed by atoms with Gasteiger partial charge in [-0.2, -0.15) is 0 Å². The fraction of sp³-hybridized carbons (Fsp3) is 0.474. The highest BCUT2D eigenvalue weighted by Gasteiger charge is 2.19. The number of fused-ring (bicyclic) bond motifs is 1. The number of aliphatic hydroxyl groups excluding tert-OH is 1. The number of hydrogen-bond donors (Lipinski definition) is 2. The van der Waals surface area contributed by atoms with Crippen LogP contribution in [0.3, 0.4) is 0 Å². The molecule has 1 aliphatic heterocycles. The van der Waals surface area contributed by atoms with Gasteiger partial charge >= 0.3 is 6.03 Å². The zero-order valence-electron chi connectivity index (χ0n) is 15.7. The largest absolute Gasteiger partial charge is 0.490 e. The Morgan fingerprint density at radius 1 is 1.37 bits per heavy atom. The molecule has 2 N–H and O–H groups in total. The SMILES string of the molecule is CC(NC(=O)N(CCO)Cc1nccn1C)c1ccc2c(c1)OCCCO2. The first-order valence-corrected chi connectivity index (χ1v) is 9.10. The van der Waals surface area contributed by atoms with E-state index in [1.54, 1.807) is 11.1 Å². The summed E-state index contributed by atoms with van der Waals surface area (Å²) in [4.78, 5) is 18.5. The first-order valence-electron chi connectivity index (χ1n) is 9.10. The van der Waals surface area contributed by atoms with E-state index >= 15 is 0 Å². The Morgan fingerprint density at radius 2 is 2.15 bits per heavy atom. The Hall–Kier alpha value is -2.74. The molecule has 2 amide bonds. The van der Waals surface area contributed by atoms with Gasteiger partial charge in [0, 0.05) is 32.4 Å². The van der Waals surface area contributed by atoms with Crippen molar-refractivity contribution in [3.63, 3.8) is 0 Å². The lowest BCUT2D eigenvalue weighted by molar-refractivity contribution is 0.169. The summed E-state index contributed by atoms with van der Waals surface area (Å²) in [5, 5.41) is 12.3. The van der Waals surface area contributed by atoms with Crippen LogP contribution in [-0.4, -0.2) is 52.0 Å². The molecule has 27 heavy (non-hydrogen) atoms. The number of aromatic nitrogens is 2. The van der Waals surface area contributed by atoms with E-state index in [0.29, 0.717) is 25.5 Å². The van der Waals surface area contributed by atoms with E-state index in [1.807, 2.05) is 42.9 Å². The minimum Gasteiger partial charge on any atom is -0.490 e. The Labute approximate surface area is 158 Å². The van der Waals surface area contributed by atoms with Crippen molar-refractivity contribution < 1.29 is 19.4 Å². The van der Waals surface area contributed by atoms with Gasteiger partial charge in [-0.05, 0) is 24.6 Å². The predicted molar refractivity (Wildman–Crippen MR) is 99.7 cm³/mol. The van der Waals surface area contributed by atoms with Crippen molar-refractivity contribution in [1.82, 2.24) is 19.8 Å². The summed E-state index contributed by atoms with van der Waals surface area (Å²) < 4.78 is 13.2. The molecular weight excluding hydrogens is 348 g/mol. The van der Waals surface area contributed by atoms with Crippen LogP contribution >= 0.6 is 0 Å². The molecular formula is C19H26N4O4. The molecule has 0 saturated carbocycles. The second kappa shape index (κ2) is 8.77. The molecule has 1 unspecified atom stereocenters. The average Bonchev–Trinajstić information content (AvgIpc) is 2.92. The number of carbonyl (C=O) groups excluding carboxylic acids is 1. The normalized spacial score (nSPS) is 14.3. The minimum absolute atomic E-state index is 0.115. The first-order chi connectivity index (χ1) is 13.1. The van der Waals surface area contributed by atoms with Gasteiger partial charge in [-0.3, -0.25) is 0 Å². The molecule has 8 heteroatoms. The smallest absolute Gasteiger partial charge is 0.318 e. The van der Waals surface area contributed by atoms with Gasteiger partial charge in [0.1, 0.15) is 5.82 Å². The number of urea groups is 1. The Kier molecular flexibility index (Phi) is 6.18. The van der Waals surface area contributed by atoms with E-state index in [9.17, 15) is 9.90 Å². The van der Waals surface area contributed by atoms with Crippen molar-refractivity contribution >= 4 is 6.03 Å². The summed E-state index contributed by atoms with van der Waals surface area (Å²) in [7, 11) is 1.87. The van der Waals surface area contributed by atoms with Crippen molar-refractivity contribution in [2.24, 2.45) is 7.05 Å². The van der Waals surface area contributed by atoms with Gasteiger partial charge in [-0.15, -0.1) is 0 Å². The predicted octanol–water partition coefficient (Wildman–Crippen LogP) is 1.85. The summed E-state index contributed by atoms with van der Waals surface area (Å²) in [6.07, 6.45) is 4.36. The number of rotatable bonds is 6. The van der Waals surface area contributed by atoms with Crippen molar-refractivity contribution in [1.29, 1.82) is 0 Å². The number of hydrogen-bond acceptors (Lipinski definition) is 5. The topological polar surface area (TPSA) is 88.9 Å². The maximum absolute atomic E-state index is 12.7. The van der Waals surface area contributed by atoms with Crippen LogP contribution < -0.4 is 14.8 Å². The number of imidazole rings is 1. The zero-order valence-corrected chi connectivity index (χ0v) is 15.7. The highest BCUT2D eigenvalue weighted by molar-refractivity contribution is 5.74. The second-order valence-electron chi connectivity index (χ2n) is 6.53. The monoisotopic (exact) mass is 374 g/mol. The van der Waals surface area contributed by atoms with Crippen LogP contribution in [0, 0.1) is 0 Å². The molecule has 1 atom stereocenters. The first kappa shape index (κ1) is 19.0. The number of aliphatic hydroxyl groups is 1. The van der Waals surface area contributed by atoms with E-state index in [1.165, 1.54) is 0 Å². The zero-order chi connectivity index (χ0) is 19.2. The van der Waals surface area contributed by atoms with Crippen LogP contribution in [0.25, 0.3) is 0 Å². The highest BCUT2D eigenvalue weighted by atomic mass is 16.5. The number of aryl methyl sites for hydroxylation is 1. The molecule has 0 aliphatic carbocycles. The number of ether oxygens (including phenoxy) is 2. The van der Waals surface area contributed by atoms with Gasteiger partial charge in [0.2, 0.25) is 0 Å². The highest BCUT2D eigenvalue weighted by Crippen LogP contribution is 2.32. The molecule has 2 aromatic rings. The van der Waals surface area contributed by atoms with Crippen LogP contribution in [-0.2, 0) is 13.6 Å². The van der Waals surface area contributed by atoms with Crippen LogP contribution in [0.5, 0.6) is 11.5 Å². The molecule has 1 aliphatic rings. The summed E-state index contributed by atoms with van der Waals surface area (Å²) in [5.74, 6) is 2.18. The lowest BCUT2D eigenvalue weighted by Gasteiger charge is -2.25. The maximum Gasteiger partial charge on any atom is 0.318 e. The molecule has 8 nitrogen and oxygen atoms in total. The molecule has 0 radical (unpaired) electrons. The van der Waals surface area contributed by atoms with E-state index in [0.717, 1.165) is 23.6 Å². The summed E-state index contributed by atoms with van der Waals surface area (Å²) in [5.41, 5.74) is 0.925. The Balaban J connectivity index is 1.67. The molecule has 1 aromatic carbocycles. The third-order valence-corrected chi connectivity index (χ3v) is 4.52. The standard InChI is InChI=1S/C19H26N4O4/c1-14(15-4-5-16-17(12-15)27-11-3-10-26-16)21-19(25)23(8-9-24)13-18-20-6-7-22(18)2/h4-7,12,14,24H,3,8-11,13H2,1-2H3,(H,21,25). The van der Waals surface area contributed by atoms with Crippen molar-refractivity contribution in [3.8, 4) is 11.5 Å². The third-order valence-electron chi connectivity index (χ3n) is 4.52. The number of benzene rings is 1. The van der Waals surface area contributed by atoms with Gasteiger partial charge < -0.3 is 29.4 Å². The summed E-state index contributed by atoms with van der Waals surface area (Å²) in [6.45, 7) is 3.61. The van der Waals surface area contributed by atoms with Crippen LogP contribution in [0.4, 0.5) is 4.79 Å². The lowest BCUT2D eigenvalue weighted by Crippen LogP contribution is -2.42. The number of nitrogens with zero attached hydrogens (tertiary/aromatic N) is 3. The van der Waals surface area contributed by atoms with Gasteiger partial charge in [-0.25, -0.2) is 9.78 Å². The number of amides is 2. The molecule has 3 rings (SSSR count). The van der Waals surface area contributed by atoms with Crippen molar-refractivity contribution in [3.05, 3.63) is 42.0 Å². The molecule has 0 saturated heterocycles. The molecule has 1 aromatic heterocycles. The van der Waals surface area contributed by atoms with E-state index < -0.39 is 0 Å². The Bertz CT molecular complexity index is 777. The van der Waals surface area contributed by atoms with Gasteiger partial charge in [-0.1, -0.05) is 6.07 Å². The number of carbonyl (C=O) groups is 1. The van der Waals surface area contributed by atoms with Crippen LogP contribution in [0.2, 0.25) is 0 Å². The van der Waals surface area contributed by atoms with Crippen LogP contribution in [0.15, 0.2) is 30.6 Å². The van der Waals surface area contributed by atoms with E-state index in [4.69, 9.17) is 9.47 Å².